The zero-order valence-electron chi connectivity index (χ0n) is 11.9. The minimum atomic E-state index is 0.0520. The number of nitrogens with two attached hydrogens (primary N) is 1. The second-order valence-electron chi connectivity index (χ2n) is 4.18. The molecule has 0 fully saturated rings. The molecule has 2 aromatic rings. The van der Waals surface area contributed by atoms with E-state index in [1.165, 1.54) is 7.14 Å². The minimum absolute atomic E-state index is 0.0520. The van der Waals surface area contributed by atoms with Gasteiger partial charge in [0.1, 0.15) is 0 Å². The first-order chi connectivity index (χ1) is 9.93. The molecule has 4 nitrogen and oxygen atoms in total. The Kier molecular flexibility index (Phi) is 7.79. The van der Waals surface area contributed by atoms with Crippen LogP contribution < -0.4 is 16.0 Å². The summed E-state index contributed by atoms with van der Waals surface area (Å²) in [6, 6.07) is 16.1. The van der Waals surface area contributed by atoms with Gasteiger partial charge in [-0.1, -0.05) is 0 Å². The van der Waals surface area contributed by atoms with Crippen LogP contribution >= 0.6 is 45.2 Å². The molecule has 0 spiro atoms. The monoisotopic (exact) mass is 508 g/mol. The van der Waals surface area contributed by atoms with E-state index in [1.807, 2.05) is 31.3 Å². The van der Waals surface area contributed by atoms with Gasteiger partial charge in [-0.15, -0.1) is 0 Å². The number of nitrogens with zero attached hydrogens (tertiary/aromatic N) is 1. The molecule has 0 aliphatic rings. The van der Waals surface area contributed by atoms with E-state index < -0.39 is 0 Å². The molecule has 0 aliphatic carbocycles. The highest BCUT2D eigenvalue weighted by atomic mass is 127. The molecule has 0 radical (unpaired) electrons. The summed E-state index contributed by atoms with van der Waals surface area (Å²) in [7, 11) is 3.69. The van der Waals surface area contributed by atoms with Gasteiger partial charge in [0.2, 0.25) is 0 Å². The largest absolute Gasteiger partial charge is 0.388 e. The molecule has 0 heterocycles. The summed E-state index contributed by atoms with van der Waals surface area (Å²) in [5.41, 5.74) is 7.41. The first-order valence-electron chi connectivity index (χ1n) is 6.20. The van der Waals surface area contributed by atoms with Crippen molar-refractivity contribution in [3.05, 3.63) is 55.7 Å². The van der Waals surface area contributed by atoms with Crippen molar-refractivity contribution < 1.29 is 0 Å². The van der Waals surface area contributed by atoms with Crippen molar-refractivity contribution in [3.8, 4) is 0 Å². The number of guanidine groups is 1. The summed E-state index contributed by atoms with van der Waals surface area (Å²) in [5, 5.41) is 10.2. The van der Waals surface area contributed by atoms with E-state index in [4.69, 9.17) is 11.1 Å². The number of hydrogen-bond donors (Lipinski definition) is 3. The van der Waals surface area contributed by atoms with Crippen LogP contribution in [0.2, 0.25) is 0 Å². The van der Waals surface area contributed by atoms with E-state index in [1.54, 1.807) is 11.9 Å². The van der Waals surface area contributed by atoms with Gasteiger partial charge in [-0.3, -0.25) is 5.41 Å². The zero-order valence-corrected chi connectivity index (χ0v) is 16.2. The van der Waals surface area contributed by atoms with Crippen molar-refractivity contribution in [3.63, 3.8) is 0 Å². The van der Waals surface area contributed by atoms with Crippen LogP contribution in [0, 0.1) is 12.5 Å². The highest BCUT2D eigenvalue weighted by Crippen LogP contribution is 2.14. The zero-order chi connectivity index (χ0) is 15.8. The topological polar surface area (TPSA) is 65.1 Å². The third kappa shape index (κ3) is 6.51. The van der Waals surface area contributed by atoms with E-state index in [2.05, 4.69) is 74.8 Å². The molecule has 2 aromatic carbocycles. The Bertz CT molecular complexity index is 567. The Balaban J connectivity index is 0.000000219. The molecule has 0 bridgehead atoms. The second kappa shape index (κ2) is 9.08. The van der Waals surface area contributed by atoms with E-state index in [-0.39, 0.29) is 5.96 Å². The number of halogens is 2. The number of hydrogen-bond acceptors (Lipinski definition) is 2. The van der Waals surface area contributed by atoms with Crippen molar-refractivity contribution >= 4 is 62.5 Å². The standard InChI is InChI=1S/C8H10IN3.C7H8IN/c1-12(8(10)11)7-4-2-6(9)3-5-7;1-9-7-4-2-6(8)3-5-7/h2-5H,1H3,(H3,10,11);2-5,9H,1H3. The summed E-state index contributed by atoms with van der Waals surface area (Å²) in [6.07, 6.45) is 0. The van der Waals surface area contributed by atoms with Crippen LogP contribution in [0.4, 0.5) is 11.4 Å². The fraction of sp³-hybridized carbons (Fsp3) is 0.133. The maximum atomic E-state index is 7.19. The van der Waals surface area contributed by atoms with Gasteiger partial charge in [-0.2, -0.15) is 0 Å². The van der Waals surface area contributed by atoms with Crippen molar-refractivity contribution in [1.29, 1.82) is 5.41 Å². The van der Waals surface area contributed by atoms with E-state index in [0.29, 0.717) is 0 Å². The predicted octanol–water partition coefficient (Wildman–Crippen LogP) is 3.95. The molecule has 2 rings (SSSR count). The van der Waals surface area contributed by atoms with Gasteiger partial charge in [0.05, 0.1) is 0 Å². The second-order valence-corrected chi connectivity index (χ2v) is 6.67. The third-order valence-corrected chi connectivity index (χ3v) is 4.15. The smallest absolute Gasteiger partial charge is 0.192 e. The van der Waals surface area contributed by atoms with E-state index >= 15 is 0 Å². The van der Waals surface area contributed by atoms with Crippen LogP contribution in [0.1, 0.15) is 0 Å². The first kappa shape index (κ1) is 18.0. The Morgan fingerprint density at radius 1 is 1.00 bits per heavy atom. The molecule has 0 aromatic heterocycles. The maximum absolute atomic E-state index is 7.19. The highest BCUT2D eigenvalue weighted by Gasteiger charge is 2.01. The van der Waals surface area contributed by atoms with Gasteiger partial charge in [-0.25, -0.2) is 0 Å². The van der Waals surface area contributed by atoms with E-state index in [9.17, 15) is 0 Å². The molecule has 112 valence electrons. The lowest BCUT2D eigenvalue weighted by molar-refractivity contribution is 1.20. The first-order valence-corrected chi connectivity index (χ1v) is 8.36. The quantitative estimate of drug-likeness (QED) is 0.327. The van der Waals surface area contributed by atoms with Crippen LogP contribution in [0.15, 0.2) is 48.5 Å². The van der Waals surface area contributed by atoms with Crippen LogP contribution in [0.3, 0.4) is 0 Å². The Hall–Kier alpha value is -1.03. The summed E-state index contributed by atoms with van der Waals surface area (Å²) in [5.74, 6) is 0.0520. The average molecular weight is 508 g/mol. The fourth-order valence-electron chi connectivity index (χ4n) is 1.42. The van der Waals surface area contributed by atoms with Gasteiger partial charge in [0.15, 0.2) is 5.96 Å². The molecular weight excluding hydrogens is 490 g/mol. The normalized spacial score (nSPS) is 9.33. The average Bonchev–Trinajstić information content (AvgIpc) is 2.49. The van der Waals surface area contributed by atoms with Crippen molar-refractivity contribution in [2.75, 3.05) is 24.3 Å². The molecular formula is C15H18I2N4. The van der Waals surface area contributed by atoms with Crippen molar-refractivity contribution in [2.45, 2.75) is 0 Å². The lowest BCUT2D eigenvalue weighted by Gasteiger charge is -2.16. The number of rotatable bonds is 2. The molecule has 0 saturated heterocycles. The Labute approximate surface area is 152 Å². The molecule has 0 saturated carbocycles. The lowest BCUT2D eigenvalue weighted by Crippen LogP contribution is -2.32. The van der Waals surface area contributed by atoms with E-state index in [0.717, 1.165) is 11.4 Å². The Morgan fingerprint density at radius 2 is 1.43 bits per heavy atom. The third-order valence-electron chi connectivity index (χ3n) is 2.71. The molecule has 0 aliphatic heterocycles. The minimum Gasteiger partial charge on any atom is -0.388 e. The van der Waals surface area contributed by atoms with Crippen LogP contribution in [0.5, 0.6) is 0 Å². The molecule has 4 N–H and O–H groups in total. The highest BCUT2D eigenvalue weighted by molar-refractivity contribution is 14.1. The van der Waals surface area contributed by atoms with Crippen LogP contribution in [-0.4, -0.2) is 20.1 Å². The van der Waals surface area contributed by atoms with Gasteiger partial charge in [0.25, 0.3) is 0 Å². The predicted molar refractivity (Wildman–Crippen MR) is 108 cm³/mol. The van der Waals surface area contributed by atoms with Gasteiger partial charge in [0, 0.05) is 32.6 Å². The van der Waals surface area contributed by atoms with Crippen LogP contribution in [0.25, 0.3) is 0 Å². The molecule has 21 heavy (non-hydrogen) atoms. The maximum Gasteiger partial charge on any atom is 0.192 e. The number of benzene rings is 2. The van der Waals surface area contributed by atoms with Crippen molar-refractivity contribution in [2.24, 2.45) is 5.73 Å². The Morgan fingerprint density at radius 3 is 1.81 bits per heavy atom. The molecule has 6 heteroatoms. The summed E-state index contributed by atoms with van der Waals surface area (Å²) in [4.78, 5) is 1.62. The SMILES string of the molecule is CN(C(=N)N)c1ccc(I)cc1.CNc1ccc(I)cc1. The molecule has 0 amide bonds. The van der Waals surface area contributed by atoms with Gasteiger partial charge < -0.3 is 16.0 Å². The fourth-order valence-corrected chi connectivity index (χ4v) is 2.14. The summed E-state index contributed by atoms with van der Waals surface area (Å²) in [6.45, 7) is 0. The van der Waals surface area contributed by atoms with Crippen LogP contribution in [-0.2, 0) is 0 Å². The lowest BCUT2D eigenvalue weighted by atomic mass is 10.3. The van der Waals surface area contributed by atoms with Crippen molar-refractivity contribution in [1.82, 2.24) is 0 Å². The molecule has 0 unspecified atom stereocenters. The van der Waals surface area contributed by atoms with Gasteiger partial charge in [-0.05, 0) is 93.7 Å². The number of anilines is 2. The van der Waals surface area contributed by atoms with Gasteiger partial charge >= 0.3 is 0 Å². The summed E-state index contributed by atoms with van der Waals surface area (Å²) >= 11 is 4.52. The summed E-state index contributed by atoms with van der Waals surface area (Å²) < 4.78 is 2.44. The number of nitrogens with one attached hydrogen (secondary N) is 2. The molecule has 0 atom stereocenters.